The molecule has 0 bridgehead atoms. The van der Waals surface area contributed by atoms with E-state index in [4.69, 9.17) is 16.3 Å². The van der Waals surface area contributed by atoms with E-state index >= 15 is 0 Å². The molecule has 0 unspecified atom stereocenters. The Morgan fingerprint density at radius 3 is 2.64 bits per heavy atom. The molecule has 0 saturated carbocycles. The molecule has 0 aliphatic carbocycles. The molecule has 6 heteroatoms. The molecule has 0 radical (unpaired) electrons. The molecule has 0 aliphatic heterocycles. The average Bonchev–Trinajstić information content (AvgIpc) is 2.48. The Morgan fingerprint density at radius 1 is 1.23 bits per heavy atom. The number of amides is 1. The lowest BCUT2D eigenvalue weighted by molar-refractivity contribution is -0.119. The predicted molar refractivity (Wildman–Crippen MR) is 81.5 cm³/mol. The fraction of sp³-hybridized carbons (Fsp3) is 0.125. The molecule has 0 aliphatic rings. The van der Waals surface area contributed by atoms with Gasteiger partial charge in [0.25, 0.3) is 5.91 Å². The molecule has 22 heavy (non-hydrogen) atoms. The smallest absolute Gasteiger partial charge is 0.341 e. The van der Waals surface area contributed by atoms with Crippen LogP contribution in [0, 0.1) is 12.7 Å². The number of halogens is 2. The van der Waals surface area contributed by atoms with Gasteiger partial charge in [-0.05, 0) is 36.8 Å². The molecule has 1 amide bonds. The Kier molecular flexibility index (Phi) is 5.12. The van der Waals surface area contributed by atoms with Crippen LogP contribution in [0.3, 0.4) is 0 Å². The Balaban J connectivity index is 1.93. The summed E-state index contributed by atoms with van der Waals surface area (Å²) in [5.41, 5.74) is 1.15. The van der Waals surface area contributed by atoms with E-state index in [-0.39, 0.29) is 5.56 Å². The summed E-state index contributed by atoms with van der Waals surface area (Å²) in [4.78, 5) is 23.4. The topological polar surface area (TPSA) is 55.4 Å². The molecular formula is C16H13ClFNO3. The van der Waals surface area contributed by atoms with Gasteiger partial charge < -0.3 is 10.1 Å². The molecule has 2 aromatic rings. The van der Waals surface area contributed by atoms with E-state index < -0.39 is 24.3 Å². The number of esters is 1. The minimum atomic E-state index is -0.900. The summed E-state index contributed by atoms with van der Waals surface area (Å²) >= 11 is 5.98. The van der Waals surface area contributed by atoms with Crippen molar-refractivity contribution in [1.82, 2.24) is 0 Å². The molecule has 114 valence electrons. The van der Waals surface area contributed by atoms with Crippen molar-refractivity contribution in [1.29, 1.82) is 0 Å². The van der Waals surface area contributed by atoms with E-state index in [0.717, 1.165) is 11.6 Å². The number of carbonyl (C=O) groups is 2. The van der Waals surface area contributed by atoms with Crippen molar-refractivity contribution >= 4 is 29.2 Å². The Bertz CT molecular complexity index is 718. The highest BCUT2D eigenvalue weighted by atomic mass is 35.5. The minimum Gasteiger partial charge on any atom is -0.452 e. The second-order valence-electron chi connectivity index (χ2n) is 4.59. The highest BCUT2D eigenvalue weighted by Gasteiger charge is 2.14. The van der Waals surface area contributed by atoms with Crippen LogP contribution in [0.1, 0.15) is 15.9 Å². The summed E-state index contributed by atoms with van der Waals surface area (Å²) in [6, 6.07) is 10.5. The van der Waals surface area contributed by atoms with Gasteiger partial charge in [0.15, 0.2) is 6.61 Å². The lowest BCUT2D eigenvalue weighted by atomic mass is 10.2. The Morgan fingerprint density at radius 2 is 1.95 bits per heavy atom. The maximum absolute atomic E-state index is 13.4. The van der Waals surface area contributed by atoms with Crippen LogP contribution in [0.15, 0.2) is 42.5 Å². The van der Waals surface area contributed by atoms with Gasteiger partial charge in [-0.3, -0.25) is 4.79 Å². The first-order valence-electron chi connectivity index (χ1n) is 6.45. The lowest BCUT2D eigenvalue weighted by Gasteiger charge is -2.09. The van der Waals surface area contributed by atoms with Gasteiger partial charge in [-0.25, -0.2) is 9.18 Å². The van der Waals surface area contributed by atoms with Gasteiger partial charge in [0.2, 0.25) is 0 Å². The highest BCUT2D eigenvalue weighted by Crippen LogP contribution is 2.22. The maximum Gasteiger partial charge on any atom is 0.341 e. The van der Waals surface area contributed by atoms with Crippen LogP contribution >= 0.6 is 11.6 Å². The van der Waals surface area contributed by atoms with E-state index in [1.165, 1.54) is 18.2 Å². The van der Waals surface area contributed by atoms with Crippen LogP contribution in [0.5, 0.6) is 0 Å². The van der Waals surface area contributed by atoms with Gasteiger partial charge in [0.1, 0.15) is 5.82 Å². The first-order valence-corrected chi connectivity index (χ1v) is 6.83. The van der Waals surface area contributed by atoms with Gasteiger partial charge in [-0.2, -0.15) is 0 Å². The number of aryl methyl sites for hydroxylation is 1. The highest BCUT2D eigenvalue weighted by molar-refractivity contribution is 6.33. The van der Waals surface area contributed by atoms with Crippen molar-refractivity contribution in [2.45, 2.75) is 6.92 Å². The molecule has 0 heterocycles. The largest absolute Gasteiger partial charge is 0.452 e. The third-order valence-corrected chi connectivity index (χ3v) is 3.14. The second kappa shape index (κ2) is 7.04. The van der Waals surface area contributed by atoms with E-state index in [1.54, 1.807) is 18.2 Å². The van der Waals surface area contributed by atoms with Gasteiger partial charge in [-0.15, -0.1) is 0 Å². The maximum atomic E-state index is 13.4. The summed E-state index contributed by atoms with van der Waals surface area (Å²) in [7, 11) is 0. The summed E-state index contributed by atoms with van der Waals surface area (Å²) in [5, 5.41) is 2.90. The van der Waals surface area contributed by atoms with Crippen molar-refractivity contribution in [2.75, 3.05) is 11.9 Å². The third-order valence-electron chi connectivity index (χ3n) is 2.83. The van der Waals surface area contributed by atoms with Crippen LogP contribution in [0.4, 0.5) is 10.1 Å². The molecule has 1 N–H and O–H groups in total. The van der Waals surface area contributed by atoms with E-state index in [2.05, 4.69) is 5.32 Å². The SMILES string of the molecule is Cc1ccc(NC(=O)COC(=O)c2ccccc2F)c(Cl)c1. The van der Waals surface area contributed by atoms with Crippen molar-refractivity contribution in [3.05, 3.63) is 64.4 Å². The van der Waals surface area contributed by atoms with Gasteiger partial charge in [-0.1, -0.05) is 29.8 Å². The fourth-order valence-electron chi connectivity index (χ4n) is 1.74. The number of hydrogen-bond donors (Lipinski definition) is 1. The zero-order valence-electron chi connectivity index (χ0n) is 11.7. The van der Waals surface area contributed by atoms with Crippen molar-refractivity contribution in [2.24, 2.45) is 0 Å². The number of hydrogen-bond acceptors (Lipinski definition) is 3. The van der Waals surface area contributed by atoms with Gasteiger partial charge in [0, 0.05) is 0 Å². The number of benzene rings is 2. The van der Waals surface area contributed by atoms with Crippen molar-refractivity contribution < 1.29 is 18.7 Å². The first-order chi connectivity index (χ1) is 10.5. The standard InChI is InChI=1S/C16H13ClFNO3/c1-10-6-7-14(12(17)8-10)19-15(20)9-22-16(21)11-4-2-3-5-13(11)18/h2-8H,9H2,1H3,(H,19,20). The van der Waals surface area contributed by atoms with Crippen LogP contribution in [0.2, 0.25) is 5.02 Å². The molecule has 0 aromatic heterocycles. The average molecular weight is 322 g/mol. The second-order valence-corrected chi connectivity index (χ2v) is 4.99. The van der Waals surface area contributed by atoms with E-state index in [0.29, 0.717) is 10.7 Å². The zero-order valence-corrected chi connectivity index (χ0v) is 12.5. The molecule has 0 fully saturated rings. The number of nitrogens with one attached hydrogen (secondary N) is 1. The summed E-state index contributed by atoms with van der Waals surface area (Å²) in [5.74, 6) is -2.16. The van der Waals surface area contributed by atoms with Crippen LogP contribution in [-0.4, -0.2) is 18.5 Å². The normalized spacial score (nSPS) is 10.1. The zero-order chi connectivity index (χ0) is 16.1. The molecule has 2 aromatic carbocycles. The van der Waals surface area contributed by atoms with E-state index in [1.807, 2.05) is 6.92 Å². The quantitative estimate of drug-likeness (QED) is 0.876. The van der Waals surface area contributed by atoms with E-state index in [9.17, 15) is 14.0 Å². The van der Waals surface area contributed by atoms with Gasteiger partial charge >= 0.3 is 5.97 Å². The summed E-state index contributed by atoms with van der Waals surface area (Å²) < 4.78 is 18.2. The molecule has 0 atom stereocenters. The summed E-state index contributed by atoms with van der Waals surface area (Å²) in [6.45, 7) is 1.34. The molecule has 4 nitrogen and oxygen atoms in total. The Labute approximate surface area is 131 Å². The number of anilines is 1. The fourth-order valence-corrected chi connectivity index (χ4v) is 2.03. The van der Waals surface area contributed by atoms with Crippen LogP contribution < -0.4 is 5.32 Å². The minimum absolute atomic E-state index is 0.219. The third kappa shape index (κ3) is 4.05. The number of ether oxygens (including phenoxy) is 1. The van der Waals surface area contributed by atoms with Crippen molar-refractivity contribution in [3.63, 3.8) is 0 Å². The molecular weight excluding hydrogens is 309 g/mol. The summed E-state index contributed by atoms with van der Waals surface area (Å²) in [6.07, 6.45) is 0. The lowest BCUT2D eigenvalue weighted by Crippen LogP contribution is -2.21. The molecule has 0 spiro atoms. The van der Waals surface area contributed by atoms with Crippen molar-refractivity contribution in [3.8, 4) is 0 Å². The molecule has 0 saturated heterocycles. The number of rotatable bonds is 4. The first kappa shape index (κ1) is 16.0. The Hall–Kier alpha value is -2.40. The molecule has 2 rings (SSSR count). The van der Waals surface area contributed by atoms with Crippen LogP contribution in [0.25, 0.3) is 0 Å². The number of carbonyl (C=O) groups excluding carboxylic acids is 2. The predicted octanol–water partition coefficient (Wildman–Crippen LogP) is 3.58. The van der Waals surface area contributed by atoms with Gasteiger partial charge in [0.05, 0.1) is 16.3 Å². The van der Waals surface area contributed by atoms with Crippen LogP contribution in [-0.2, 0) is 9.53 Å². The monoisotopic (exact) mass is 321 g/mol.